The molecule has 1 fully saturated rings. The summed E-state index contributed by atoms with van der Waals surface area (Å²) in [7, 11) is 3.95. The van der Waals surface area contributed by atoms with E-state index in [0.717, 1.165) is 18.1 Å². The second kappa shape index (κ2) is 4.71. The predicted octanol–water partition coefficient (Wildman–Crippen LogP) is 2.83. The molecular weight excluding hydrogens is 238 g/mol. The van der Waals surface area contributed by atoms with Gasteiger partial charge in [0.05, 0.1) is 13.7 Å². The summed E-state index contributed by atoms with van der Waals surface area (Å²) in [6.07, 6.45) is 3.80. The van der Waals surface area contributed by atoms with Gasteiger partial charge in [-0.3, -0.25) is 0 Å². The van der Waals surface area contributed by atoms with Crippen LogP contribution in [0.15, 0.2) is 18.2 Å². The zero-order valence-electron chi connectivity index (χ0n) is 12.1. The van der Waals surface area contributed by atoms with Gasteiger partial charge >= 0.3 is 0 Å². The van der Waals surface area contributed by atoms with E-state index in [4.69, 9.17) is 9.47 Å². The third-order valence-corrected chi connectivity index (χ3v) is 4.74. The Balaban J connectivity index is 1.88. The first-order valence-corrected chi connectivity index (χ1v) is 7.14. The number of rotatable bonds is 3. The number of benzene rings is 1. The number of ether oxygens (including phenoxy) is 2. The molecule has 1 unspecified atom stereocenters. The van der Waals surface area contributed by atoms with Crippen molar-refractivity contribution in [3.05, 3.63) is 23.8 Å². The second-order valence-corrected chi connectivity index (χ2v) is 6.17. The molecule has 3 heteroatoms. The number of para-hydroxylation sites is 1. The SMILES string of the molecule is COc1cccc2c1OCC2(C)C[C@H]1CCCN1C. The molecule has 19 heavy (non-hydrogen) atoms. The number of likely N-dealkylation sites (tertiary alicyclic amines) is 1. The van der Waals surface area contributed by atoms with E-state index in [2.05, 4.69) is 31.0 Å². The monoisotopic (exact) mass is 261 g/mol. The zero-order chi connectivity index (χ0) is 13.5. The number of methoxy groups -OCH3 is 1. The first-order valence-electron chi connectivity index (χ1n) is 7.14. The van der Waals surface area contributed by atoms with E-state index < -0.39 is 0 Å². The van der Waals surface area contributed by atoms with Crippen LogP contribution in [0.3, 0.4) is 0 Å². The first kappa shape index (κ1) is 12.8. The van der Waals surface area contributed by atoms with Crippen molar-refractivity contribution in [2.24, 2.45) is 0 Å². The molecule has 104 valence electrons. The fourth-order valence-electron chi connectivity index (χ4n) is 3.54. The smallest absolute Gasteiger partial charge is 0.165 e. The van der Waals surface area contributed by atoms with Crippen LogP contribution in [0.5, 0.6) is 11.5 Å². The topological polar surface area (TPSA) is 21.7 Å². The minimum atomic E-state index is 0.118. The Bertz CT molecular complexity index is 474. The van der Waals surface area contributed by atoms with Crippen molar-refractivity contribution in [1.29, 1.82) is 0 Å². The zero-order valence-corrected chi connectivity index (χ0v) is 12.1. The molecule has 0 aromatic heterocycles. The van der Waals surface area contributed by atoms with Gasteiger partial charge in [-0.05, 0) is 38.9 Å². The lowest BCUT2D eigenvalue weighted by Gasteiger charge is -2.30. The molecule has 1 saturated heterocycles. The van der Waals surface area contributed by atoms with Gasteiger partial charge in [-0.25, -0.2) is 0 Å². The molecule has 2 heterocycles. The van der Waals surface area contributed by atoms with Gasteiger partial charge in [-0.2, -0.15) is 0 Å². The molecule has 1 aromatic carbocycles. The van der Waals surface area contributed by atoms with E-state index >= 15 is 0 Å². The normalized spacial score (nSPS) is 30.2. The molecule has 0 bridgehead atoms. The highest BCUT2D eigenvalue weighted by molar-refractivity contribution is 5.52. The molecule has 3 nitrogen and oxygen atoms in total. The lowest BCUT2D eigenvalue weighted by atomic mass is 9.78. The highest BCUT2D eigenvalue weighted by Gasteiger charge is 2.41. The van der Waals surface area contributed by atoms with Crippen molar-refractivity contribution >= 4 is 0 Å². The lowest BCUT2D eigenvalue weighted by Crippen LogP contribution is -2.35. The molecule has 0 saturated carbocycles. The van der Waals surface area contributed by atoms with Gasteiger partial charge in [-0.1, -0.05) is 19.1 Å². The van der Waals surface area contributed by atoms with Gasteiger partial charge in [0.25, 0.3) is 0 Å². The highest BCUT2D eigenvalue weighted by Crippen LogP contribution is 2.47. The lowest BCUT2D eigenvalue weighted by molar-refractivity contribution is 0.206. The minimum Gasteiger partial charge on any atom is -0.493 e. The van der Waals surface area contributed by atoms with Crippen molar-refractivity contribution in [1.82, 2.24) is 4.90 Å². The van der Waals surface area contributed by atoms with Crippen LogP contribution in [-0.2, 0) is 5.41 Å². The van der Waals surface area contributed by atoms with E-state index in [1.165, 1.54) is 31.4 Å². The Morgan fingerprint density at radius 3 is 3.00 bits per heavy atom. The Morgan fingerprint density at radius 2 is 2.32 bits per heavy atom. The third-order valence-electron chi connectivity index (χ3n) is 4.74. The van der Waals surface area contributed by atoms with Gasteiger partial charge < -0.3 is 14.4 Å². The van der Waals surface area contributed by atoms with Crippen LogP contribution in [0.1, 0.15) is 31.7 Å². The van der Waals surface area contributed by atoms with Gasteiger partial charge in [0, 0.05) is 17.0 Å². The van der Waals surface area contributed by atoms with Gasteiger partial charge in [-0.15, -0.1) is 0 Å². The van der Waals surface area contributed by atoms with Crippen molar-refractivity contribution in [3.8, 4) is 11.5 Å². The van der Waals surface area contributed by atoms with E-state index in [1.54, 1.807) is 7.11 Å². The predicted molar refractivity (Wildman–Crippen MR) is 76.1 cm³/mol. The molecule has 0 radical (unpaired) electrons. The average Bonchev–Trinajstić information content (AvgIpc) is 2.95. The van der Waals surface area contributed by atoms with Gasteiger partial charge in [0.2, 0.25) is 0 Å². The van der Waals surface area contributed by atoms with Crippen LogP contribution < -0.4 is 9.47 Å². The summed E-state index contributed by atoms with van der Waals surface area (Å²) in [5.74, 6) is 1.81. The number of hydrogen-bond acceptors (Lipinski definition) is 3. The summed E-state index contributed by atoms with van der Waals surface area (Å²) >= 11 is 0. The summed E-state index contributed by atoms with van der Waals surface area (Å²) in [6.45, 7) is 4.32. The molecule has 0 aliphatic carbocycles. The van der Waals surface area contributed by atoms with E-state index in [1.807, 2.05) is 6.07 Å². The Labute approximate surface area is 115 Å². The number of fused-ring (bicyclic) bond motifs is 1. The Hall–Kier alpha value is -1.22. The fraction of sp³-hybridized carbons (Fsp3) is 0.625. The van der Waals surface area contributed by atoms with Crippen LogP contribution >= 0.6 is 0 Å². The molecule has 0 spiro atoms. The van der Waals surface area contributed by atoms with Crippen LogP contribution in [0.25, 0.3) is 0 Å². The summed E-state index contributed by atoms with van der Waals surface area (Å²) in [4.78, 5) is 2.49. The van der Waals surface area contributed by atoms with Crippen LogP contribution in [0.4, 0.5) is 0 Å². The maximum atomic E-state index is 5.94. The molecule has 3 rings (SSSR count). The molecule has 2 aliphatic rings. The standard InChI is InChI=1S/C16H23NO2/c1-16(10-12-6-5-9-17(12)2)11-19-15-13(16)7-4-8-14(15)18-3/h4,7-8,12H,5-6,9-11H2,1-3H3/t12-,16?/m1/s1. The molecule has 2 aliphatic heterocycles. The summed E-state index contributed by atoms with van der Waals surface area (Å²) < 4.78 is 11.3. The van der Waals surface area contributed by atoms with Crippen molar-refractivity contribution in [2.75, 3.05) is 27.3 Å². The average molecular weight is 261 g/mol. The van der Waals surface area contributed by atoms with E-state index in [9.17, 15) is 0 Å². The van der Waals surface area contributed by atoms with Crippen LogP contribution in [-0.4, -0.2) is 38.3 Å². The van der Waals surface area contributed by atoms with Crippen LogP contribution in [0, 0.1) is 0 Å². The summed E-state index contributed by atoms with van der Waals surface area (Å²) in [6, 6.07) is 6.93. The minimum absolute atomic E-state index is 0.118. The Morgan fingerprint density at radius 1 is 1.47 bits per heavy atom. The maximum Gasteiger partial charge on any atom is 0.165 e. The molecule has 0 amide bonds. The van der Waals surface area contributed by atoms with Crippen molar-refractivity contribution in [2.45, 2.75) is 37.6 Å². The number of hydrogen-bond donors (Lipinski definition) is 0. The van der Waals surface area contributed by atoms with Crippen molar-refractivity contribution in [3.63, 3.8) is 0 Å². The largest absolute Gasteiger partial charge is 0.493 e. The second-order valence-electron chi connectivity index (χ2n) is 6.17. The highest BCUT2D eigenvalue weighted by atomic mass is 16.5. The van der Waals surface area contributed by atoms with E-state index in [-0.39, 0.29) is 5.41 Å². The molecular formula is C16H23NO2. The van der Waals surface area contributed by atoms with Gasteiger partial charge in [0.1, 0.15) is 0 Å². The third kappa shape index (κ3) is 2.10. The summed E-state index contributed by atoms with van der Waals surface area (Å²) in [5.41, 5.74) is 1.43. The van der Waals surface area contributed by atoms with E-state index in [0.29, 0.717) is 6.04 Å². The number of nitrogens with zero attached hydrogens (tertiary/aromatic N) is 1. The molecule has 2 atom stereocenters. The molecule has 1 aromatic rings. The Kier molecular flexibility index (Phi) is 3.17. The summed E-state index contributed by atoms with van der Waals surface area (Å²) in [5, 5.41) is 0. The quantitative estimate of drug-likeness (QED) is 0.835. The molecule has 0 N–H and O–H groups in total. The maximum absolute atomic E-state index is 5.94. The fourth-order valence-corrected chi connectivity index (χ4v) is 3.54. The van der Waals surface area contributed by atoms with Crippen molar-refractivity contribution < 1.29 is 9.47 Å². The van der Waals surface area contributed by atoms with Crippen LogP contribution in [0.2, 0.25) is 0 Å². The first-order chi connectivity index (χ1) is 9.14. The van der Waals surface area contributed by atoms with Gasteiger partial charge in [0.15, 0.2) is 11.5 Å².